The van der Waals surface area contributed by atoms with Crippen LogP contribution in [0.4, 0.5) is 5.69 Å². The first-order valence-corrected chi connectivity index (χ1v) is 6.04. The van der Waals surface area contributed by atoms with Crippen molar-refractivity contribution in [2.75, 3.05) is 18.6 Å². The topological polar surface area (TPSA) is 29.5 Å². The molecule has 0 bridgehead atoms. The van der Waals surface area contributed by atoms with Crippen LogP contribution in [-0.4, -0.2) is 19.6 Å². The van der Waals surface area contributed by atoms with Gasteiger partial charge in [-0.15, -0.1) is 12.3 Å². The third-order valence-electron chi connectivity index (χ3n) is 2.76. The average Bonchev–Trinajstić information content (AvgIpc) is 2.69. The summed E-state index contributed by atoms with van der Waals surface area (Å²) in [6, 6.07) is 5.57. The van der Waals surface area contributed by atoms with Crippen LogP contribution in [-0.2, 0) is 4.79 Å². The van der Waals surface area contributed by atoms with E-state index in [1.54, 1.807) is 12.0 Å². The number of benzene rings is 1. The highest BCUT2D eigenvalue weighted by atomic mass is 79.9. The standard InChI is InChI=1S/C13H12BrNO2/c1-3-9-4-13(16)15(8-9)11-5-10(14)6-12(7-11)17-2/h1,5-7,9H,4,8H2,2H3. The van der Waals surface area contributed by atoms with Gasteiger partial charge in [0, 0.05) is 35.1 Å². The summed E-state index contributed by atoms with van der Waals surface area (Å²) in [5.41, 5.74) is 0.818. The van der Waals surface area contributed by atoms with Gasteiger partial charge in [-0.3, -0.25) is 4.79 Å². The maximum Gasteiger partial charge on any atom is 0.228 e. The molecule has 1 atom stereocenters. The van der Waals surface area contributed by atoms with Crippen LogP contribution in [0.2, 0.25) is 0 Å². The van der Waals surface area contributed by atoms with Crippen LogP contribution < -0.4 is 9.64 Å². The molecule has 1 amide bonds. The van der Waals surface area contributed by atoms with Gasteiger partial charge in [0.2, 0.25) is 5.91 Å². The van der Waals surface area contributed by atoms with Crippen LogP contribution in [0.3, 0.4) is 0 Å². The lowest BCUT2D eigenvalue weighted by Crippen LogP contribution is -2.24. The van der Waals surface area contributed by atoms with Crippen molar-refractivity contribution in [1.82, 2.24) is 0 Å². The molecule has 0 saturated carbocycles. The second-order valence-electron chi connectivity index (χ2n) is 3.92. The highest BCUT2D eigenvalue weighted by molar-refractivity contribution is 9.10. The number of anilines is 1. The number of methoxy groups -OCH3 is 1. The molecule has 1 fully saturated rings. The third kappa shape index (κ3) is 2.45. The molecule has 1 aliphatic rings. The number of ether oxygens (including phenoxy) is 1. The third-order valence-corrected chi connectivity index (χ3v) is 3.22. The smallest absolute Gasteiger partial charge is 0.228 e. The summed E-state index contributed by atoms with van der Waals surface area (Å²) in [5.74, 6) is 3.42. The Morgan fingerprint density at radius 3 is 2.88 bits per heavy atom. The van der Waals surface area contributed by atoms with Gasteiger partial charge in [-0.1, -0.05) is 15.9 Å². The average molecular weight is 294 g/mol. The van der Waals surface area contributed by atoms with Crippen LogP contribution in [0.15, 0.2) is 22.7 Å². The molecule has 1 aromatic carbocycles. The Kier molecular flexibility index (Phi) is 3.39. The minimum absolute atomic E-state index is 0.00692. The maximum atomic E-state index is 11.8. The second-order valence-corrected chi connectivity index (χ2v) is 4.84. The van der Waals surface area contributed by atoms with Crippen molar-refractivity contribution in [1.29, 1.82) is 0 Å². The lowest BCUT2D eigenvalue weighted by atomic mass is 10.1. The molecule has 88 valence electrons. The zero-order valence-corrected chi connectivity index (χ0v) is 11.0. The van der Waals surface area contributed by atoms with E-state index in [1.165, 1.54) is 0 Å². The summed E-state index contributed by atoms with van der Waals surface area (Å²) in [4.78, 5) is 13.5. The van der Waals surface area contributed by atoms with Gasteiger partial charge in [-0.2, -0.15) is 0 Å². The summed E-state index contributed by atoms with van der Waals surface area (Å²) in [6.07, 6.45) is 5.78. The number of terminal acetylenes is 1. The van der Waals surface area contributed by atoms with E-state index in [1.807, 2.05) is 18.2 Å². The fourth-order valence-corrected chi connectivity index (χ4v) is 2.35. The minimum atomic E-state index is 0.00692. The molecule has 1 aromatic rings. The lowest BCUT2D eigenvalue weighted by Gasteiger charge is -2.17. The Labute approximate surface area is 109 Å². The highest BCUT2D eigenvalue weighted by Gasteiger charge is 2.29. The number of rotatable bonds is 2. The molecule has 0 N–H and O–H groups in total. The van der Waals surface area contributed by atoms with Gasteiger partial charge in [-0.05, 0) is 12.1 Å². The van der Waals surface area contributed by atoms with E-state index in [-0.39, 0.29) is 11.8 Å². The van der Waals surface area contributed by atoms with Gasteiger partial charge in [0.25, 0.3) is 0 Å². The number of halogens is 1. The van der Waals surface area contributed by atoms with Gasteiger partial charge in [0.15, 0.2) is 0 Å². The van der Waals surface area contributed by atoms with E-state index in [0.717, 1.165) is 10.2 Å². The van der Waals surface area contributed by atoms with Crippen molar-refractivity contribution in [3.8, 4) is 18.1 Å². The van der Waals surface area contributed by atoms with Crippen molar-refractivity contribution in [2.45, 2.75) is 6.42 Å². The van der Waals surface area contributed by atoms with E-state index in [2.05, 4.69) is 21.9 Å². The number of nitrogens with zero attached hydrogens (tertiary/aromatic N) is 1. The summed E-state index contributed by atoms with van der Waals surface area (Å²) in [6.45, 7) is 0.578. The molecule has 3 nitrogen and oxygen atoms in total. The zero-order valence-electron chi connectivity index (χ0n) is 9.44. The Bertz CT molecular complexity index is 493. The van der Waals surface area contributed by atoms with Crippen molar-refractivity contribution in [2.24, 2.45) is 5.92 Å². The van der Waals surface area contributed by atoms with Crippen molar-refractivity contribution in [3.63, 3.8) is 0 Å². The summed E-state index contributed by atoms with van der Waals surface area (Å²) >= 11 is 3.39. The van der Waals surface area contributed by atoms with Crippen LogP contribution in [0.25, 0.3) is 0 Å². The summed E-state index contributed by atoms with van der Waals surface area (Å²) < 4.78 is 6.05. The molecule has 17 heavy (non-hydrogen) atoms. The first kappa shape index (κ1) is 12.0. The van der Waals surface area contributed by atoms with E-state index < -0.39 is 0 Å². The molecule has 4 heteroatoms. The minimum Gasteiger partial charge on any atom is -0.497 e. The molecule has 1 saturated heterocycles. The van der Waals surface area contributed by atoms with Gasteiger partial charge in [0.05, 0.1) is 7.11 Å². The molecular weight excluding hydrogens is 282 g/mol. The Hall–Kier alpha value is -1.47. The van der Waals surface area contributed by atoms with Crippen LogP contribution >= 0.6 is 15.9 Å². The first-order chi connectivity index (χ1) is 8.13. The van der Waals surface area contributed by atoms with E-state index in [0.29, 0.717) is 18.7 Å². The fraction of sp³-hybridized carbons (Fsp3) is 0.308. The van der Waals surface area contributed by atoms with Gasteiger partial charge < -0.3 is 9.64 Å². The number of carbonyl (C=O) groups is 1. The first-order valence-electron chi connectivity index (χ1n) is 5.25. The summed E-state index contributed by atoms with van der Waals surface area (Å²) in [5, 5.41) is 0. The summed E-state index contributed by atoms with van der Waals surface area (Å²) in [7, 11) is 1.60. The fourth-order valence-electron chi connectivity index (χ4n) is 1.89. The predicted octanol–water partition coefficient (Wildman–Crippen LogP) is 2.44. The quantitative estimate of drug-likeness (QED) is 0.784. The molecular formula is C13H12BrNO2. The second kappa shape index (κ2) is 4.80. The largest absolute Gasteiger partial charge is 0.497 e. The van der Waals surface area contributed by atoms with Crippen LogP contribution in [0.5, 0.6) is 5.75 Å². The highest BCUT2D eigenvalue weighted by Crippen LogP contribution is 2.31. The number of amides is 1. The van der Waals surface area contributed by atoms with E-state index in [4.69, 9.17) is 11.2 Å². The van der Waals surface area contributed by atoms with E-state index in [9.17, 15) is 4.79 Å². The molecule has 0 aliphatic carbocycles. The number of carbonyl (C=O) groups excluding carboxylic acids is 1. The van der Waals surface area contributed by atoms with Crippen molar-refractivity contribution >= 4 is 27.5 Å². The molecule has 1 heterocycles. The molecule has 2 rings (SSSR count). The lowest BCUT2D eigenvalue weighted by molar-refractivity contribution is -0.117. The molecule has 0 radical (unpaired) electrons. The zero-order chi connectivity index (χ0) is 12.4. The SMILES string of the molecule is C#CC1CC(=O)N(c2cc(Br)cc(OC)c2)C1. The molecule has 1 unspecified atom stereocenters. The van der Waals surface area contributed by atoms with E-state index >= 15 is 0 Å². The molecule has 1 aliphatic heterocycles. The molecule has 0 spiro atoms. The van der Waals surface area contributed by atoms with Gasteiger partial charge in [0.1, 0.15) is 5.75 Å². The van der Waals surface area contributed by atoms with Gasteiger partial charge in [-0.25, -0.2) is 0 Å². The Morgan fingerprint density at radius 2 is 2.29 bits per heavy atom. The van der Waals surface area contributed by atoms with Crippen LogP contribution in [0, 0.1) is 18.3 Å². The number of hydrogen-bond donors (Lipinski definition) is 0. The van der Waals surface area contributed by atoms with Crippen molar-refractivity contribution < 1.29 is 9.53 Å². The molecule has 0 aromatic heterocycles. The Morgan fingerprint density at radius 1 is 1.53 bits per heavy atom. The van der Waals surface area contributed by atoms with Gasteiger partial charge >= 0.3 is 0 Å². The maximum absolute atomic E-state index is 11.8. The Balaban J connectivity index is 2.32. The van der Waals surface area contributed by atoms with Crippen molar-refractivity contribution in [3.05, 3.63) is 22.7 Å². The monoisotopic (exact) mass is 293 g/mol. The normalized spacial score (nSPS) is 19.2. The number of hydrogen-bond acceptors (Lipinski definition) is 2. The predicted molar refractivity (Wildman–Crippen MR) is 70.0 cm³/mol. The van der Waals surface area contributed by atoms with Crippen LogP contribution in [0.1, 0.15) is 6.42 Å².